The maximum absolute atomic E-state index is 10.8. The Hall–Kier alpha value is -0.530. The fraction of sp³-hybridized carbons (Fsp3) is 0.625. The van der Waals surface area contributed by atoms with Crippen LogP contribution < -0.4 is 0 Å². The molecule has 0 saturated heterocycles. The van der Waals surface area contributed by atoms with E-state index in [0.717, 1.165) is 41.0 Å². The lowest BCUT2D eigenvalue weighted by Gasteiger charge is -2.34. The summed E-state index contributed by atoms with van der Waals surface area (Å²) in [6.07, 6.45) is 5.49. The summed E-state index contributed by atoms with van der Waals surface area (Å²) < 4.78 is 0. The van der Waals surface area contributed by atoms with Gasteiger partial charge in [-0.3, -0.25) is 0 Å². The first kappa shape index (κ1) is 13.9. The Kier molecular flexibility index (Phi) is 4.03. The summed E-state index contributed by atoms with van der Waals surface area (Å²) in [6.45, 7) is 6.25. The standard InChI is InChI=1S/C16H23ClO/c1-4-16(7-5-6-8-16)15(18)13-9-12(3)14(17)10-11(13)2/h9-10,15,18H,4-8H2,1-3H3. The zero-order valence-corrected chi connectivity index (χ0v) is 12.3. The number of rotatable bonds is 3. The van der Waals surface area contributed by atoms with Gasteiger partial charge in [0.05, 0.1) is 6.10 Å². The largest absolute Gasteiger partial charge is 0.388 e. The minimum absolute atomic E-state index is 0.0883. The van der Waals surface area contributed by atoms with Crippen LogP contribution in [-0.2, 0) is 0 Å². The van der Waals surface area contributed by atoms with Crippen LogP contribution in [0, 0.1) is 19.3 Å². The second-order valence-electron chi connectivity index (χ2n) is 5.78. The van der Waals surface area contributed by atoms with Crippen LogP contribution in [-0.4, -0.2) is 5.11 Å². The van der Waals surface area contributed by atoms with E-state index in [1.165, 1.54) is 12.8 Å². The summed E-state index contributed by atoms with van der Waals surface area (Å²) in [6, 6.07) is 4.05. The summed E-state index contributed by atoms with van der Waals surface area (Å²) in [5, 5.41) is 11.6. The molecule has 1 fully saturated rings. The Morgan fingerprint density at radius 1 is 1.22 bits per heavy atom. The summed E-state index contributed by atoms with van der Waals surface area (Å²) in [5.74, 6) is 0. The quantitative estimate of drug-likeness (QED) is 0.820. The number of hydrogen-bond donors (Lipinski definition) is 1. The van der Waals surface area contributed by atoms with Crippen molar-refractivity contribution in [2.45, 2.75) is 59.0 Å². The van der Waals surface area contributed by atoms with Gasteiger partial charge in [-0.1, -0.05) is 37.4 Å². The van der Waals surface area contributed by atoms with E-state index in [1.807, 2.05) is 19.9 Å². The number of hydrogen-bond acceptors (Lipinski definition) is 1. The first-order valence-electron chi connectivity index (χ1n) is 6.95. The SMILES string of the molecule is CCC1(C(O)c2cc(C)c(Cl)cc2C)CCCC1. The molecule has 1 atom stereocenters. The van der Waals surface area contributed by atoms with Crippen molar-refractivity contribution in [2.75, 3.05) is 0 Å². The molecule has 0 heterocycles. The molecule has 1 nitrogen and oxygen atoms in total. The number of aliphatic hydroxyl groups is 1. The average Bonchev–Trinajstić information content (AvgIpc) is 2.83. The molecule has 0 aliphatic heterocycles. The molecular formula is C16H23ClO. The van der Waals surface area contributed by atoms with Gasteiger partial charge in [0, 0.05) is 10.4 Å². The highest BCUT2D eigenvalue weighted by molar-refractivity contribution is 6.31. The number of aryl methyl sites for hydroxylation is 2. The van der Waals surface area contributed by atoms with E-state index in [0.29, 0.717) is 0 Å². The van der Waals surface area contributed by atoms with Crippen LogP contribution in [0.1, 0.15) is 61.8 Å². The maximum Gasteiger partial charge on any atom is 0.0848 e. The first-order chi connectivity index (χ1) is 8.50. The van der Waals surface area contributed by atoms with Crippen molar-refractivity contribution >= 4 is 11.6 Å². The Balaban J connectivity index is 2.39. The highest BCUT2D eigenvalue weighted by atomic mass is 35.5. The topological polar surface area (TPSA) is 20.2 Å². The van der Waals surface area contributed by atoms with Crippen molar-refractivity contribution in [1.82, 2.24) is 0 Å². The molecular weight excluding hydrogens is 244 g/mol. The van der Waals surface area contributed by atoms with Crippen molar-refractivity contribution in [3.05, 3.63) is 33.8 Å². The molecule has 2 heteroatoms. The molecule has 1 aliphatic rings. The molecule has 0 radical (unpaired) electrons. The summed E-state index contributed by atoms with van der Waals surface area (Å²) in [7, 11) is 0. The second-order valence-corrected chi connectivity index (χ2v) is 6.19. The number of halogens is 1. The highest BCUT2D eigenvalue weighted by Gasteiger charge is 2.40. The Morgan fingerprint density at radius 2 is 1.83 bits per heavy atom. The second kappa shape index (κ2) is 5.22. The van der Waals surface area contributed by atoms with Gasteiger partial charge in [-0.05, 0) is 55.9 Å². The molecule has 1 saturated carbocycles. The molecule has 1 N–H and O–H groups in total. The van der Waals surface area contributed by atoms with Crippen LogP contribution >= 0.6 is 11.6 Å². The molecule has 1 aromatic rings. The van der Waals surface area contributed by atoms with Crippen molar-refractivity contribution in [3.63, 3.8) is 0 Å². The van der Waals surface area contributed by atoms with Crippen LogP contribution in [0.25, 0.3) is 0 Å². The summed E-state index contributed by atoms with van der Waals surface area (Å²) in [4.78, 5) is 0. The first-order valence-corrected chi connectivity index (χ1v) is 7.32. The molecule has 18 heavy (non-hydrogen) atoms. The third-order valence-corrected chi connectivity index (χ3v) is 5.13. The third kappa shape index (κ3) is 2.31. The number of aliphatic hydroxyl groups excluding tert-OH is 1. The third-order valence-electron chi connectivity index (χ3n) is 4.73. The maximum atomic E-state index is 10.8. The van der Waals surface area contributed by atoms with Gasteiger partial charge in [-0.2, -0.15) is 0 Å². The van der Waals surface area contributed by atoms with E-state index < -0.39 is 0 Å². The minimum Gasteiger partial charge on any atom is -0.388 e. The minimum atomic E-state index is -0.346. The average molecular weight is 267 g/mol. The normalized spacial score (nSPS) is 20.1. The van der Waals surface area contributed by atoms with Crippen LogP contribution in [0.2, 0.25) is 5.02 Å². The van der Waals surface area contributed by atoms with E-state index in [1.54, 1.807) is 0 Å². The predicted octanol–water partition coefficient (Wildman–Crippen LogP) is 4.96. The molecule has 1 aromatic carbocycles. The van der Waals surface area contributed by atoms with Crippen LogP contribution in [0.3, 0.4) is 0 Å². The lowest BCUT2D eigenvalue weighted by molar-refractivity contribution is 0.0233. The molecule has 0 bridgehead atoms. The van der Waals surface area contributed by atoms with Gasteiger partial charge in [0.25, 0.3) is 0 Å². The molecule has 100 valence electrons. The fourth-order valence-electron chi connectivity index (χ4n) is 3.33. The molecule has 1 unspecified atom stereocenters. The van der Waals surface area contributed by atoms with Crippen molar-refractivity contribution < 1.29 is 5.11 Å². The highest BCUT2D eigenvalue weighted by Crippen LogP contribution is 2.50. The van der Waals surface area contributed by atoms with E-state index in [-0.39, 0.29) is 11.5 Å². The predicted molar refractivity (Wildman–Crippen MR) is 77.1 cm³/mol. The Labute approximate surface area is 115 Å². The van der Waals surface area contributed by atoms with E-state index in [9.17, 15) is 5.11 Å². The van der Waals surface area contributed by atoms with E-state index in [4.69, 9.17) is 11.6 Å². The van der Waals surface area contributed by atoms with E-state index in [2.05, 4.69) is 13.0 Å². The number of benzene rings is 1. The van der Waals surface area contributed by atoms with Crippen LogP contribution in [0.15, 0.2) is 12.1 Å². The smallest absolute Gasteiger partial charge is 0.0848 e. The molecule has 2 rings (SSSR count). The fourth-order valence-corrected chi connectivity index (χ4v) is 3.55. The van der Waals surface area contributed by atoms with Gasteiger partial charge in [0.15, 0.2) is 0 Å². The van der Waals surface area contributed by atoms with Crippen LogP contribution in [0.5, 0.6) is 0 Å². The van der Waals surface area contributed by atoms with Gasteiger partial charge in [0.2, 0.25) is 0 Å². The summed E-state index contributed by atoms with van der Waals surface area (Å²) >= 11 is 6.14. The Bertz CT molecular complexity index is 433. The molecule has 0 aromatic heterocycles. The summed E-state index contributed by atoms with van der Waals surface area (Å²) in [5.41, 5.74) is 3.32. The monoisotopic (exact) mass is 266 g/mol. The molecule has 0 amide bonds. The Morgan fingerprint density at radius 3 is 2.39 bits per heavy atom. The van der Waals surface area contributed by atoms with Crippen molar-refractivity contribution in [3.8, 4) is 0 Å². The van der Waals surface area contributed by atoms with Gasteiger partial charge < -0.3 is 5.11 Å². The molecule has 0 spiro atoms. The lowest BCUT2D eigenvalue weighted by Crippen LogP contribution is -2.25. The van der Waals surface area contributed by atoms with Crippen LogP contribution in [0.4, 0.5) is 0 Å². The van der Waals surface area contributed by atoms with E-state index >= 15 is 0 Å². The van der Waals surface area contributed by atoms with Gasteiger partial charge in [0.1, 0.15) is 0 Å². The lowest BCUT2D eigenvalue weighted by atomic mass is 9.74. The zero-order valence-electron chi connectivity index (χ0n) is 11.6. The van der Waals surface area contributed by atoms with Crippen molar-refractivity contribution in [1.29, 1.82) is 0 Å². The zero-order chi connectivity index (χ0) is 13.3. The molecule has 1 aliphatic carbocycles. The van der Waals surface area contributed by atoms with Gasteiger partial charge >= 0.3 is 0 Å². The van der Waals surface area contributed by atoms with Gasteiger partial charge in [-0.15, -0.1) is 0 Å². The van der Waals surface area contributed by atoms with Crippen molar-refractivity contribution in [2.24, 2.45) is 5.41 Å². The van der Waals surface area contributed by atoms with Gasteiger partial charge in [-0.25, -0.2) is 0 Å².